The molecule has 0 bridgehead atoms. The molecule has 14 N–H and O–H groups in total. The fourth-order valence-electron chi connectivity index (χ4n) is 11.0. The minimum Gasteiger partial charge on any atom is -0.477 e. The lowest BCUT2D eigenvalue weighted by molar-refractivity contribution is -0.314. The second-order valence-corrected chi connectivity index (χ2v) is 23.3. The molecule has 9 rings (SSSR count). The van der Waals surface area contributed by atoms with Gasteiger partial charge in [0.2, 0.25) is 11.8 Å². The van der Waals surface area contributed by atoms with Gasteiger partial charge in [-0.25, -0.2) is 9.59 Å². The zero-order valence-corrected chi connectivity index (χ0v) is 52.9. The molecule has 0 saturated carbocycles. The molecule has 0 spiro atoms. The van der Waals surface area contributed by atoms with E-state index in [1.165, 1.54) is 46.0 Å². The summed E-state index contributed by atoms with van der Waals surface area (Å²) < 4.78 is 25.8. The van der Waals surface area contributed by atoms with Gasteiger partial charge in [0.15, 0.2) is 0 Å². The first-order chi connectivity index (χ1) is 46.9. The molecule has 7 aromatic rings. The molecule has 518 valence electrons. The third kappa shape index (κ3) is 18.2. The van der Waals surface area contributed by atoms with E-state index >= 15 is 0 Å². The largest absolute Gasteiger partial charge is 0.477 e. The van der Waals surface area contributed by atoms with Crippen LogP contribution in [0.2, 0.25) is 0 Å². The van der Waals surface area contributed by atoms with Crippen LogP contribution in [-0.4, -0.2) is 217 Å². The summed E-state index contributed by atoms with van der Waals surface area (Å²) in [5.41, 5.74) is 4.62. The van der Waals surface area contributed by atoms with Crippen molar-refractivity contribution >= 4 is 47.4 Å². The maximum Gasteiger partial charge on any atom is 0.364 e. The normalized spacial score (nSPS) is 21.8. The molecular weight excluding hydrogens is 1280 g/mol. The van der Waals surface area contributed by atoms with Crippen LogP contribution in [0.25, 0.3) is 22.3 Å². The van der Waals surface area contributed by atoms with Crippen LogP contribution in [-0.2, 0) is 64.4 Å². The highest BCUT2D eigenvalue weighted by atomic mass is 16.7. The number of carbonyl (C=O) groups excluding carboxylic acids is 6. The number of benzene rings is 5. The zero-order valence-electron chi connectivity index (χ0n) is 52.9. The number of aliphatic hydroxyl groups is 6. The van der Waals surface area contributed by atoms with Gasteiger partial charge in [-0.3, -0.25) is 38.1 Å². The molecule has 2 fully saturated rings. The number of ether oxygens (including phenoxy) is 4. The maximum absolute atomic E-state index is 13.1. The molecule has 0 unspecified atom stereocenters. The Morgan fingerprint density at radius 2 is 0.806 bits per heavy atom. The SMILES string of the molecule is CC(=O)N[C@H]1[C@H]([C@H](O)[C@H](O)CNC(=O)c2ccc(-c3ccccc3)cc2)O[C@@](OCc2cn(CCNC(=O)c3ccc(C(=O)NCCn4cc(CO[C@]5(C(=O)O)C[C@H](O)[C@@H](NC(C)=O)[C@H]([C@H](O)[C@H](O)CNC(=O)c6ccc(-c7ccccc7)cc6)O5)nn4)cc3)nn2)(C(=O)O)C[C@@H]1O. The molecular formula is C66H74N12O20. The molecule has 32 heteroatoms. The number of amides is 6. The Morgan fingerprint density at radius 1 is 0.490 bits per heavy atom. The summed E-state index contributed by atoms with van der Waals surface area (Å²) in [4.78, 5) is 102. The molecule has 2 aromatic heterocycles. The fraction of sp³-hybridized carbons (Fsp3) is 0.364. The van der Waals surface area contributed by atoms with Gasteiger partial charge in [-0.05, 0) is 70.8 Å². The molecule has 2 aliphatic heterocycles. The van der Waals surface area contributed by atoms with Crippen LogP contribution in [0.4, 0.5) is 0 Å². The van der Waals surface area contributed by atoms with Crippen molar-refractivity contribution in [3.63, 3.8) is 0 Å². The van der Waals surface area contributed by atoms with E-state index in [0.29, 0.717) is 0 Å². The molecule has 98 heavy (non-hydrogen) atoms. The van der Waals surface area contributed by atoms with Gasteiger partial charge in [-0.1, -0.05) is 95.4 Å². The van der Waals surface area contributed by atoms with Gasteiger partial charge in [0.1, 0.15) is 35.8 Å². The van der Waals surface area contributed by atoms with Crippen molar-refractivity contribution < 1.29 is 98.2 Å². The fourth-order valence-corrected chi connectivity index (χ4v) is 11.0. The number of carboxylic acid groups (broad SMARTS) is 2. The first kappa shape index (κ1) is 72.0. The van der Waals surface area contributed by atoms with Crippen molar-refractivity contribution in [2.75, 3.05) is 26.2 Å². The van der Waals surface area contributed by atoms with Crippen LogP contribution in [0.1, 0.15) is 79.5 Å². The Kier molecular flexibility index (Phi) is 24.0. The summed E-state index contributed by atoms with van der Waals surface area (Å²) in [6.45, 7) is 0.191. The molecule has 2 aliphatic rings. The van der Waals surface area contributed by atoms with E-state index < -0.39 is 159 Å². The second kappa shape index (κ2) is 32.7. The Labute approximate surface area is 558 Å². The van der Waals surface area contributed by atoms with E-state index in [1.54, 1.807) is 48.5 Å². The van der Waals surface area contributed by atoms with Gasteiger partial charge in [-0.2, -0.15) is 0 Å². The standard InChI is InChI=1S/C66H74N12O20/c1-37(79)71-53-49(81)29-65(63(91)92,97-57(53)55(85)51(83)31-69-61(89)45-17-13-41(14-18-45)39-9-5-3-6-10-39)95-35-47-33-77(75-73-47)27-25-67-59(87)43-21-23-44(24-22-43)60(88)68-26-28-78-34-48(74-76-78)36-96-66(64(93)94)30-50(82)54(72-38(2)80)58(98-66)56(86)52(84)32-70-62(90)46-19-15-42(16-20-46)40-11-7-4-8-12-40/h3-24,33-34,49-58,81-86H,25-32,35-36H2,1-2H3,(H,67,87)(H,68,88)(H,69,89)(H,70,90)(H,71,79)(H,72,80)(H,91,92)(H,93,94)/t49-,50-,51+,52+,53+,54+,55+,56+,57+,58+,65+,66+/m0/s1. The van der Waals surface area contributed by atoms with Gasteiger partial charge >= 0.3 is 11.9 Å². The van der Waals surface area contributed by atoms with Crippen molar-refractivity contribution in [2.45, 2.75) is 125 Å². The van der Waals surface area contributed by atoms with E-state index in [9.17, 15) is 79.2 Å². The Hall–Kier alpha value is -10.3. The number of aromatic nitrogens is 6. The van der Waals surface area contributed by atoms with Gasteiger partial charge in [0, 0.05) is 75.1 Å². The molecule has 2 saturated heterocycles. The highest BCUT2D eigenvalue weighted by molar-refractivity contribution is 5.98. The van der Waals surface area contributed by atoms with E-state index in [1.807, 2.05) is 60.7 Å². The predicted molar refractivity (Wildman–Crippen MR) is 340 cm³/mol. The van der Waals surface area contributed by atoms with Crippen molar-refractivity contribution in [2.24, 2.45) is 0 Å². The van der Waals surface area contributed by atoms with Gasteiger partial charge < -0.3 is 91.7 Å². The number of carbonyl (C=O) groups is 8. The quantitative estimate of drug-likeness (QED) is 0.0264. The van der Waals surface area contributed by atoms with Crippen molar-refractivity contribution in [1.29, 1.82) is 0 Å². The minimum absolute atomic E-state index is 0.0205. The van der Waals surface area contributed by atoms with Gasteiger partial charge in [-0.15, -0.1) is 10.2 Å². The van der Waals surface area contributed by atoms with Crippen LogP contribution < -0.4 is 31.9 Å². The van der Waals surface area contributed by atoms with E-state index in [4.69, 9.17) is 18.9 Å². The zero-order chi connectivity index (χ0) is 70.3. The number of aliphatic hydroxyl groups excluding tert-OH is 6. The number of hydrogen-bond donors (Lipinski definition) is 14. The highest BCUT2D eigenvalue weighted by Crippen LogP contribution is 2.36. The van der Waals surface area contributed by atoms with E-state index in [2.05, 4.69) is 52.5 Å². The van der Waals surface area contributed by atoms with Crippen LogP contribution in [0.3, 0.4) is 0 Å². The van der Waals surface area contributed by atoms with Crippen LogP contribution >= 0.6 is 0 Å². The van der Waals surface area contributed by atoms with Crippen molar-refractivity contribution in [3.8, 4) is 22.3 Å². The number of carboxylic acids is 2. The lowest BCUT2D eigenvalue weighted by atomic mass is 9.88. The summed E-state index contributed by atoms with van der Waals surface area (Å²) in [5, 5.41) is 119. The monoisotopic (exact) mass is 1350 g/mol. The molecule has 5 aromatic carbocycles. The number of nitrogens with zero attached hydrogens (tertiary/aromatic N) is 6. The first-order valence-corrected chi connectivity index (χ1v) is 31.0. The third-order valence-corrected chi connectivity index (χ3v) is 16.2. The summed E-state index contributed by atoms with van der Waals surface area (Å²) in [6.07, 6.45) is -13.3. The van der Waals surface area contributed by atoms with Crippen LogP contribution in [0, 0.1) is 0 Å². The molecule has 12 atom stereocenters. The summed E-state index contributed by atoms with van der Waals surface area (Å²) >= 11 is 0. The topological polar surface area (TPSA) is 469 Å². The maximum atomic E-state index is 13.1. The minimum atomic E-state index is -2.65. The van der Waals surface area contributed by atoms with E-state index in [0.717, 1.165) is 36.1 Å². The lowest BCUT2D eigenvalue weighted by Gasteiger charge is -2.46. The Morgan fingerprint density at radius 3 is 1.13 bits per heavy atom. The van der Waals surface area contributed by atoms with Crippen LogP contribution in [0.5, 0.6) is 0 Å². The average Bonchev–Trinajstić information content (AvgIpc) is 0.792. The Balaban J connectivity index is 0.707. The van der Waals surface area contributed by atoms with Crippen molar-refractivity contribution in [1.82, 2.24) is 61.9 Å². The second-order valence-electron chi connectivity index (χ2n) is 23.3. The molecule has 32 nitrogen and oxygen atoms in total. The summed E-state index contributed by atoms with van der Waals surface area (Å²) in [6, 6.07) is 35.0. The van der Waals surface area contributed by atoms with E-state index in [-0.39, 0.29) is 59.8 Å². The summed E-state index contributed by atoms with van der Waals surface area (Å²) in [7, 11) is 0. The average molecular weight is 1360 g/mol. The summed E-state index contributed by atoms with van der Waals surface area (Å²) in [5.74, 6) is -12.3. The third-order valence-electron chi connectivity index (χ3n) is 16.2. The molecule has 6 amide bonds. The number of hydrogen-bond acceptors (Lipinski definition) is 22. The lowest BCUT2D eigenvalue weighted by Crippen LogP contribution is -2.68. The van der Waals surface area contributed by atoms with Gasteiger partial charge in [0.05, 0.1) is 75.2 Å². The highest BCUT2D eigenvalue weighted by Gasteiger charge is 2.57. The first-order valence-electron chi connectivity index (χ1n) is 31.0. The predicted octanol–water partition coefficient (Wildman–Crippen LogP) is -0.729. The smallest absolute Gasteiger partial charge is 0.364 e. The van der Waals surface area contributed by atoms with Crippen LogP contribution in [0.15, 0.2) is 146 Å². The van der Waals surface area contributed by atoms with Crippen molar-refractivity contribution in [3.05, 3.63) is 179 Å². The number of aliphatic carboxylic acids is 2. The molecule has 0 aliphatic carbocycles. The Bertz CT molecular complexity index is 3650. The molecule has 0 radical (unpaired) electrons. The number of rotatable bonds is 30. The molecule has 4 heterocycles. The van der Waals surface area contributed by atoms with Gasteiger partial charge in [0.25, 0.3) is 35.2 Å². The number of nitrogens with one attached hydrogen (secondary N) is 6.